The van der Waals surface area contributed by atoms with E-state index in [1.165, 1.54) is 176 Å². The van der Waals surface area contributed by atoms with Gasteiger partial charge in [0.25, 0.3) is 0 Å². The average molecular weight is 1690 g/mol. The summed E-state index contributed by atoms with van der Waals surface area (Å²) >= 11 is 0. The van der Waals surface area contributed by atoms with Crippen LogP contribution in [0.4, 0.5) is 0 Å². The van der Waals surface area contributed by atoms with Crippen molar-refractivity contribution in [3.63, 3.8) is 0 Å². The molecular weight excluding hydrogens is 1600 g/mol. The van der Waals surface area contributed by atoms with E-state index in [1.807, 2.05) is 0 Å². The van der Waals surface area contributed by atoms with E-state index < -0.39 is 0 Å². The molecule has 0 N–H and O–H groups in total. The van der Waals surface area contributed by atoms with Crippen LogP contribution in [0, 0.1) is 55.4 Å². The Balaban J connectivity index is 0.000000150. The molecule has 0 amide bonds. The van der Waals surface area contributed by atoms with Crippen LogP contribution in [0.2, 0.25) is 0 Å². The highest BCUT2D eigenvalue weighted by Crippen LogP contribution is 2.44. The zero-order valence-electron chi connectivity index (χ0n) is 74.8. The first kappa shape index (κ1) is 79.9. The van der Waals surface area contributed by atoms with Crippen molar-refractivity contribution in [1.82, 2.24) is 38.2 Å². The van der Waals surface area contributed by atoms with E-state index in [9.17, 15) is 0 Å². The Bertz CT molecular complexity index is 8410. The van der Waals surface area contributed by atoms with Gasteiger partial charge in [0.05, 0.1) is 66.9 Å². The van der Waals surface area contributed by atoms with Crippen LogP contribution >= 0.6 is 0 Å². The molecule has 0 aliphatic heterocycles. The van der Waals surface area contributed by atoms with Gasteiger partial charge < -0.3 is 18.3 Å². The van der Waals surface area contributed by atoms with Gasteiger partial charge in [-0.25, -0.2) is 19.9 Å². The van der Waals surface area contributed by atoms with Crippen LogP contribution in [0.25, 0.3) is 222 Å². The van der Waals surface area contributed by atoms with Gasteiger partial charge in [0, 0.05) is 99.2 Å². The van der Waals surface area contributed by atoms with Gasteiger partial charge in [-0.3, -0.25) is 0 Å². The summed E-state index contributed by atoms with van der Waals surface area (Å²) in [5.74, 6) is 1.45. The standard InChI is InChI=1S/2C62H46N4/c1-39-17-21-46(22-18-39)55-38-56(64-62(63-55)48-23-19-40(2)20-24-48)47-31-27-44(28-32-47)43-25-29-45(30-26-43)53-35-42(4)61(36-41(53)3)66-59-16-10-7-13-52(59)54-37-49(33-34-60(54)66)65-57-14-8-5-11-50(57)51-12-6-9-15-58(51)65;1-39-17-21-45(22-18-39)56-38-57(64-62(63-56)47-23-19-40(2)20-24-47)46-27-25-43(26-28-46)53-35-42(4)54(36-41(53)3)44-29-31-48(32-30-44)65-60-16-10-7-13-52(60)55-37-49(33-34-61(55)65)66-58-14-8-5-11-50(58)51-12-6-9-15-59(51)66/h2*5-38H,1-4H3. The molecule has 0 fully saturated rings. The summed E-state index contributed by atoms with van der Waals surface area (Å²) in [6, 6.07) is 150. The lowest BCUT2D eigenvalue weighted by molar-refractivity contribution is 1.14. The average Bonchev–Trinajstić information content (AvgIpc) is 1.57. The normalized spacial score (nSPS) is 11.6. The van der Waals surface area contributed by atoms with E-state index in [0.29, 0.717) is 0 Å². The first-order chi connectivity index (χ1) is 64.7. The Hall–Kier alpha value is -16.7. The zero-order valence-corrected chi connectivity index (χ0v) is 74.8. The third-order valence-electron chi connectivity index (χ3n) is 26.7. The van der Waals surface area contributed by atoms with Crippen LogP contribution in [0.15, 0.2) is 413 Å². The molecular formula is C124H92N8. The van der Waals surface area contributed by atoms with Gasteiger partial charge in [-0.15, -0.1) is 0 Å². The number of aromatic nitrogens is 8. The quantitative estimate of drug-likeness (QED) is 0.109. The molecule has 18 aromatic carbocycles. The SMILES string of the molecule is Cc1ccc(-c2cc(-c3ccc(-c4cc(C)c(-c5ccc(-n6c7ccccc7c7cc(-n8c9ccccc9c9ccccc98)ccc76)cc5)cc4C)cc3)nc(-c3ccc(C)cc3)n2)cc1.Cc1ccc(-c2cc(-c3ccc(-c4ccc(-c5cc(C)c(-n6c7ccccc7c7cc(-n8c9ccccc9c9ccccc98)ccc76)cc5C)cc4)cc3)nc(-c3ccc(C)cc3)n2)cc1. The topological polar surface area (TPSA) is 71.3 Å². The molecule has 0 unspecified atom stereocenters. The highest BCUT2D eigenvalue weighted by molar-refractivity contribution is 6.14. The monoisotopic (exact) mass is 1690 g/mol. The van der Waals surface area contributed by atoms with Crippen molar-refractivity contribution in [1.29, 1.82) is 0 Å². The highest BCUT2D eigenvalue weighted by Gasteiger charge is 2.23. The second kappa shape index (κ2) is 32.9. The van der Waals surface area contributed by atoms with Crippen molar-refractivity contribution in [3.8, 4) is 135 Å². The van der Waals surface area contributed by atoms with Crippen LogP contribution in [-0.4, -0.2) is 38.2 Å². The molecule has 8 nitrogen and oxygen atoms in total. The molecule has 0 atom stereocenters. The summed E-state index contributed by atoms with van der Waals surface area (Å²) in [5.41, 5.74) is 43.6. The summed E-state index contributed by atoms with van der Waals surface area (Å²) in [7, 11) is 0. The molecule has 0 spiro atoms. The third kappa shape index (κ3) is 14.4. The van der Waals surface area contributed by atoms with Gasteiger partial charge in [-0.1, -0.05) is 326 Å². The molecule has 6 heterocycles. The third-order valence-corrected chi connectivity index (χ3v) is 26.7. The molecule has 0 saturated carbocycles. The fourth-order valence-electron chi connectivity index (χ4n) is 19.8. The van der Waals surface area contributed by atoms with E-state index in [-0.39, 0.29) is 0 Å². The lowest BCUT2D eigenvalue weighted by Gasteiger charge is -2.16. The largest absolute Gasteiger partial charge is 0.309 e. The maximum Gasteiger partial charge on any atom is 0.160 e. The number of para-hydroxylation sites is 6. The Morgan fingerprint density at radius 2 is 0.386 bits per heavy atom. The van der Waals surface area contributed by atoms with Crippen LogP contribution in [0.3, 0.4) is 0 Å². The summed E-state index contributed by atoms with van der Waals surface area (Å²) in [4.78, 5) is 20.2. The maximum atomic E-state index is 5.10. The molecule has 6 aromatic heterocycles. The smallest absolute Gasteiger partial charge is 0.160 e. The summed E-state index contributed by atoms with van der Waals surface area (Å²) < 4.78 is 9.67. The Morgan fingerprint density at radius 3 is 0.720 bits per heavy atom. The molecule has 0 radical (unpaired) electrons. The summed E-state index contributed by atoms with van der Waals surface area (Å²) in [6.45, 7) is 17.3. The molecule has 628 valence electrons. The Morgan fingerprint density at radius 1 is 0.159 bits per heavy atom. The number of hydrogen-bond donors (Lipinski definition) is 0. The number of benzene rings is 18. The Kier molecular flexibility index (Phi) is 19.9. The van der Waals surface area contributed by atoms with Crippen molar-refractivity contribution in [2.24, 2.45) is 0 Å². The second-order valence-corrected chi connectivity index (χ2v) is 35.5. The Labute approximate surface area is 767 Å². The van der Waals surface area contributed by atoms with Gasteiger partial charge in [0.1, 0.15) is 0 Å². The predicted octanol–water partition coefficient (Wildman–Crippen LogP) is 32.5. The molecule has 0 aliphatic rings. The second-order valence-electron chi connectivity index (χ2n) is 35.5. The molecule has 0 bridgehead atoms. The zero-order chi connectivity index (χ0) is 88.9. The van der Waals surface area contributed by atoms with Gasteiger partial charge in [0.2, 0.25) is 0 Å². The van der Waals surface area contributed by atoms with Gasteiger partial charge >= 0.3 is 0 Å². The number of nitrogens with zero attached hydrogens (tertiary/aromatic N) is 8. The first-order valence-electron chi connectivity index (χ1n) is 45.4. The molecule has 132 heavy (non-hydrogen) atoms. The molecule has 24 rings (SSSR count). The van der Waals surface area contributed by atoms with Gasteiger partial charge in [0.15, 0.2) is 11.6 Å². The molecule has 0 saturated heterocycles. The number of hydrogen-bond acceptors (Lipinski definition) is 4. The number of aryl methyl sites for hydroxylation is 8. The lowest BCUT2D eigenvalue weighted by Crippen LogP contribution is -1.99. The van der Waals surface area contributed by atoms with Crippen LogP contribution in [0.1, 0.15) is 44.5 Å². The van der Waals surface area contributed by atoms with Crippen LogP contribution in [-0.2, 0) is 0 Å². The number of rotatable bonds is 14. The van der Waals surface area contributed by atoms with Crippen molar-refractivity contribution >= 4 is 87.2 Å². The van der Waals surface area contributed by atoms with Crippen LogP contribution < -0.4 is 0 Å². The molecule has 0 aliphatic carbocycles. The fraction of sp³-hybridized carbons (Fsp3) is 0.0645. The fourth-order valence-corrected chi connectivity index (χ4v) is 19.8. The predicted molar refractivity (Wildman–Crippen MR) is 554 cm³/mol. The van der Waals surface area contributed by atoms with E-state index in [1.54, 1.807) is 0 Å². The summed E-state index contributed by atoms with van der Waals surface area (Å²) in [6.07, 6.45) is 0. The van der Waals surface area contributed by atoms with Gasteiger partial charge in [-0.05, 0) is 231 Å². The minimum atomic E-state index is 0.724. The van der Waals surface area contributed by atoms with Crippen molar-refractivity contribution in [3.05, 3.63) is 457 Å². The van der Waals surface area contributed by atoms with E-state index in [2.05, 4.69) is 486 Å². The maximum absolute atomic E-state index is 5.10. The van der Waals surface area contributed by atoms with E-state index in [4.69, 9.17) is 19.9 Å². The van der Waals surface area contributed by atoms with Gasteiger partial charge in [-0.2, -0.15) is 0 Å². The van der Waals surface area contributed by atoms with Crippen molar-refractivity contribution < 1.29 is 0 Å². The first-order valence-corrected chi connectivity index (χ1v) is 45.4. The molecule has 24 aromatic rings. The van der Waals surface area contributed by atoms with Crippen molar-refractivity contribution in [2.45, 2.75) is 55.4 Å². The number of fused-ring (bicyclic) bond motifs is 12. The minimum Gasteiger partial charge on any atom is -0.309 e. The summed E-state index contributed by atoms with van der Waals surface area (Å²) in [5, 5.41) is 10.0. The highest BCUT2D eigenvalue weighted by atomic mass is 15.0. The van der Waals surface area contributed by atoms with Crippen LogP contribution in [0.5, 0.6) is 0 Å². The van der Waals surface area contributed by atoms with Crippen molar-refractivity contribution in [2.75, 3.05) is 0 Å². The van der Waals surface area contributed by atoms with E-state index >= 15 is 0 Å². The molecule has 8 heteroatoms. The minimum absolute atomic E-state index is 0.724. The van der Waals surface area contributed by atoms with E-state index in [0.717, 1.165) is 90.4 Å². The lowest BCUT2D eigenvalue weighted by atomic mass is 9.91.